The van der Waals surface area contributed by atoms with E-state index in [-0.39, 0.29) is 29.8 Å². The number of fused-ring (bicyclic) bond motifs is 1. The molecule has 0 saturated heterocycles. The van der Waals surface area contributed by atoms with Gasteiger partial charge in [-0.1, -0.05) is 12.8 Å². The van der Waals surface area contributed by atoms with Crippen LogP contribution in [0.4, 0.5) is 11.4 Å². The summed E-state index contributed by atoms with van der Waals surface area (Å²) in [5.41, 5.74) is 2.22. The quantitative estimate of drug-likeness (QED) is 0.243. The van der Waals surface area contributed by atoms with Gasteiger partial charge in [0, 0.05) is 53.9 Å². The van der Waals surface area contributed by atoms with Gasteiger partial charge in [0.1, 0.15) is 18.2 Å². The van der Waals surface area contributed by atoms with Gasteiger partial charge in [-0.3, -0.25) is 9.59 Å². The van der Waals surface area contributed by atoms with Gasteiger partial charge >= 0.3 is 0 Å². The van der Waals surface area contributed by atoms with Gasteiger partial charge in [0.25, 0.3) is 11.5 Å². The molecule has 1 fully saturated rings. The summed E-state index contributed by atoms with van der Waals surface area (Å²) in [6, 6.07) is 3.55. The van der Waals surface area contributed by atoms with E-state index in [2.05, 4.69) is 29.4 Å². The number of methoxy groups -OCH3 is 1. The number of aromatic nitrogens is 1. The second-order valence-corrected chi connectivity index (χ2v) is 15.1. The third kappa shape index (κ3) is 5.96. The first kappa shape index (κ1) is 27.1. The average molecular weight is 531 g/mol. The van der Waals surface area contributed by atoms with E-state index in [1.165, 1.54) is 10.8 Å². The average Bonchev–Trinajstić information content (AvgIpc) is 3.39. The minimum Gasteiger partial charge on any atom is -0.497 e. The van der Waals surface area contributed by atoms with Gasteiger partial charge in [0.2, 0.25) is 0 Å². The lowest BCUT2D eigenvalue weighted by atomic mass is 9.95. The maximum absolute atomic E-state index is 13.1. The molecule has 9 nitrogen and oxygen atoms in total. The van der Waals surface area contributed by atoms with Crippen LogP contribution in [-0.2, 0) is 16.6 Å². The highest BCUT2D eigenvalue weighted by atomic mass is 32.3. The van der Waals surface area contributed by atoms with Crippen molar-refractivity contribution in [2.75, 3.05) is 55.6 Å². The van der Waals surface area contributed by atoms with E-state index in [0.29, 0.717) is 40.5 Å². The summed E-state index contributed by atoms with van der Waals surface area (Å²) in [5.74, 6) is 2.03. The zero-order valence-electron chi connectivity index (χ0n) is 22.3. The molecule has 0 radical (unpaired) electrons. The summed E-state index contributed by atoms with van der Waals surface area (Å²) in [7, 11) is 2.55. The summed E-state index contributed by atoms with van der Waals surface area (Å²) < 4.78 is 19.1. The smallest absolute Gasteiger partial charge is 0.274 e. The van der Waals surface area contributed by atoms with Crippen LogP contribution in [0.1, 0.15) is 31.2 Å². The van der Waals surface area contributed by atoms with E-state index in [4.69, 9.17) is 19.6 Å². The Hall–Kier alpha value is -2.98. The van der Waals surface area contributed by atoms with Crippen LogP contribution in [-0.4, -0.2) is 67.8 Å². The fraction of sp³-hybridized carbons (Fsp3) is 0.519. The Morgan fingerprint density at radius 2 is 1.95 bits per heavy atom. The van der Waals surface area contributed by atoms with Gasteiger partial charge in [-0.05, 0) is 37.7 Å². The van der Waals surface area contributed by atoms with Crippen molar-refractivity contribution >= 4 is 33.5 Å². The van der Waals surface area contributed by atoms with Gasteiger partial charge in [-0.15, -0.1) is 0 Å². The number of ether oxygens (including phenoxy) is 3. The number of nitrogens with one attached hydrogen (secondary N) is 3. The first-order valence-corrected chi connectivity index (χ1v) is 15.6. The summed E-state index contributed by atoms with van der Waals surface area (Å²) in [4.78, 5) is 26.0. The highest BCUT2D eigenvalue weighted by Gasteiger charge is 2.38. The molecule has 1 aliphatic carbocycles. The summed E-state index contributed by atoms with van der Waals surface area (Å²) in [6.07, 6.45) is 13.1. The Balaban J connectivity index is 1.73. The number of carbonyl (C=O) groups is 1. The molecule has 2 heterocycles. The predicted octanol–water partition coefficient (Wildman–Crippen LogP) is 4.03. The highest BCUT2D eigenvalue weighted by molar-refractivity contribution is 8.32. The standard InChI is InChI=1S/C27H38N4O5S/c1-31-15-21(20(14-28)23(27(31)33)29-16-35-10-11-37(3,4)5)19-12-18(34-2)13-22-25(19)36-24(26(32)30-22)17-8-6-7-9-17/h12-15,17,24,28-29H,6-11,16H2,1-5H3,(H,30,32). The molecule has 1 aromatic carbocycles. The van der Waals surface area contributed by atoms with Crippen LogP contribution in [0.15, 0.2) is 23.1 Å². The van der Waals surface area contributed by atoms with E-state index in [0.717, 1.165) is 31.4 Å². The molecule has 10 heteroatoms. The van der Waals surface area contributed by atoms with Crippen LogP contribution in [0.3, 0.4) is 0 Å². The van der Waals surface area contributed by atoms with Gasteiger partial charge in [-0.2, -0.15) is 0 Å². The molecule has 1 saturated carbocycles. The lowest BCUT2D eigenvalue weighted by Crippen LogP contribution is -2.41. The van der Waals surface area contributed by atoms with Crippen molar-refractivity contribution in [2.24, 2.45) is 13.0 Å². The number of nitrogens with zero attached hydrogens (tertiary/aromatic N) is 1. The SMILES string of the molecule is COc1cc2c(c(-c3cn(C)c(=O)c(NCOCCS(C)(C)C)c3C=N)c1)OC(C1CCCC1)C(=O)N2. The molecule has 2 aliphatic rings. The number of rotatable bonds is 10. The molecule has 37 heavy (non-hydrogen) atoms. The molecule has 202 valence electrons. The monoisotopic (exact) mass is 530 g/mol. The fourth-order valence-electron chi connectivity index (χ4n) is 4.88. The van der Waals surface area contributed by atoms with Gasteiger partial charge in [0.05, 0.1) is 19.4 Å². The molecule has 0 bridgehead atoms. The van der Waals surface area contributed by atoms with E-state index in [1.807, 2.05) is 6.07 Å². The second kappa shape index (κ2) is 11.2. The topological polar surface area (TPSA) is 115 Å². The second-order valence-electron chi connectivity index (χ2n) is 10.5. The number of hydrogen-bond donors (Lipinski definition) is 3. The Kier molecular flexibility index (Phi) is 8.18. The summed E-state index contributed by atoms with van der Waals surface area (Å²) in [5, 5.41) is 14.3. The van der Waals surface area contributed by atoms with Gasteiger partial charge in [-0.25, -0.2) is 10.0 Å². The Labute approximate surface area is 219 Å². The third-order valence-electron chi connectivity index (χ3n) is 6.93. The van der Waals surface area contributed by atoms with E-state index in [1.54, 1.807) is 26.4 Å². The zero-order valence-corrected chi connectivity index (χ0v) is 23.1. The van der Waals surface area contributed by atoms with E-state index < -0.39 is 16.1 Å². The van der Waals surface area contributed by atoms with Crippen molar-refractivity contribution in [3.05, 3.63) is 34.2 Å². The molecule has 1 unspecified atom stereocenters. The lowest BCUT2D eigenvalue weighted by Gasteiger charge is -2.31. The number of hydrogen-bond acceptors (Lipinski definition) is 7. The molecule has 3 N–H and O–H groups in total. The number of aryl methyl sites for hydroxylation is 1. The predicted molar refractivity (Wildman–Crippen MR) is 151 cm³/mol. The van der Waals surface area contributed by atoms with Crippen molar-refractivity contribution in [1.82, 2.24) is 4.57 Å². The molecule has 0 spiro atoms. The minimum absolute atomic E-state index is 0.150. The molecule has 2 aromatic rings. The first-order chi connectivity index (χ1) is 17.6. The Morgan fingerprint density at radius 3 is 2.59 bits per heavy atom. The number of amides is 1. The van der Waals surface area contributed by atoms with E-state index >= 15 is 0 Å². The van der Waals surface area contributed by atoms with Crippen molar-refractivity contribution in [3.8, 4) is 22.6 Å². The number of pyridine rings is 1. The van der Waals surface area contributed by atoms with E-state index in [9.17, 15) is 9.59 Å². The zero-order chi connectivity index (χ0) is 26.7. The van der Waals surface area contributed by atoms with Crippen molar-refractivity contribution in [2.45, 2.75) is 31.8 Å². The Morgan fingerprint density at radius 1 is 1.22 bits per heavy atom. The summed E-state index contributed by atoms with van der Waals surface area (Å²) >= 11 is 0. The van der Waals surface area contributed by atoms with Gasteiger partial charge in [0.15, 0.2) is 11.9 Å². The largest absolute Gasteiger partial charge is 0.497 e. The third-order valence-corrected chi connectivity index (χ3v) is 8.32. The van der Waals surface area contributed by atoms with Crippen molar-refractivity contribution < 1.29 is 19.0 Å². The molecule has 4 rings (SSSR count). The van der Waals surface area contributed by atoms with Crippen LogP contribution >= 0.6 is 10.0 Å². The molecular weight excluding hydrogens is 492 g/mol. The molecule has 1 aromatic heterocycles. The summed E-state index contributed by atoms with van der Waals surface area (Å²) in [6.45, 7) is 0.743. The fourth-order valence-corrected chi connectivity index (χ4v) is 5.50. The lowest BCUT2D eigenvalue weighted by molar-refractivity contribution is -0.125. The maximum atomic E-state index is 13.1. The number of anilines is 2. The molecular formula is C27H38N4O5S. The van der Waals surface area contributed by atoms with Crippen LogP contribution < -0.4 is 25.7 Å². The van der Waals surface area contributed by atoms with Crippen LogP contribution in [0.25, 0.3) is 11.1 Å². The minimum atomic E-state index is -0.680. The molecule has 1 amide bonds. The van der Waals surface area contributed by atoms with Crippen molar-refractivity contribution in [1.29, 1.82) is 5.41 Å². The Bertz CT molecular complexity index is 1230. The molecule has 1 atom stereocenters. The van der Waals surface area contributed by atoms with Gasteiger partial charge < -0.3 is 34.8 Å². The van der Waals surface area contributed by atoms with Crippen LogP contribution in [0, 0.1) is 11.3 Å². The highest BCUT2D eigenvalue weighted by Crippen LogP contribution is 2.46. The maximum Gasteiger partial charge on any atom is 0.274 e. The van der Waals surface area contributed by atoms with Crippen LogP contribution in [0.5, 0.6) is 11.5 Å². The van der Waals surface area contributed by atoms with Crippen molar-refractivity contribution in [3.63, 3.8) is 0 Å². The number of benzene rings is 1. The normalized spacial score (nSPS) is 18.1. The van der Waals surface area contributed by atoms with Crippen LogP contribution in [0.2, 0.25) is 0 Å². The number of carbonyl (C=O) groups excluding carboxylic acids is 1. The first-order valence-electron chi connectivity index (χ1n) is 12.5. The molecule has 1 aliphatic heterocycles.